The van der Waals surface area contributed by atoms with Crippen LogP contribution < -0.4 is 10.6 Å². The van der Waals surface area contributed by atoms with Gasteiger partial charge in [0.25, 0.3) is 0 Å². The van der Waals surface area contributed by atoms with Gasteiger partial charge < -0.3 is 14.2 Å². The molecule has 0 aliphatic heterocycles. The Bertz CT molecular complexity index is 1720. The first-order chi connectivity index (χ1) is 18.3. The molecule has 0 saturated carbocycles. The van der Waals surface area contributed by atoms with E-state index in [1.54, 1.807) is 30.3 Å². The first kappa shape index (κ1) is 25.7. The molecule has 2 heterocycles. The molecular weight excluding hydrogens is 541 g/mol. The fourth-order valence-corrected chi connectivity index (χ4v) is 4.60. The lowest BCUT2D eigenvalue weighted by atomic mass is 10.1. The van der Waals surface area contributed by atoms with E-state index < -0.39 is 5.91 Å². The maximum absolute atomic E-state index is 12.4. The number of nitrogens with zero attached hydrogens (tertiary/aromatic N) is 1. The van der Waals surface area contributed by atoms with Crippen LogP contribution in [0.25, 0.3) is 40.0 Å². The first-order valence-corrected chi connectivity index (χ1v) is 12.8. The smallest absolute Gasteiger partial charge is 0.250 e. The SMILES string of the molecule is Cc1cc(C)c2oc(-c3cccc(NC(=S)NC(=O)C=Cc4ccc(-c5cccc(Cl)c5Cl)o4)c3)nc2c1. The summed E-state index contributed by atoms with van der Waals surface area (Å²) in [5.74, 6) is 1.11. The zero-order valence-corrected chi connectivity index (χ0v) is 22.7. The lowest BCUT2D eigenvalue weighted by Crippen LogP contribution is -2.32. The van der Waals surface area contributed by atoms with Gasteiger partial charge in [-0.05, 0) is 91.8 Å². The van der Waals surface area contributed by atoms with Crippen LogP contribution in [0.4, 0.5) is 5.69 Å². The normalized spacial score (nSPS) is 11.3. The Morgan fingerprint density at radius 1 is 1.00 bits per heavy atom. The Balaban J connectivity index is 1.22. The standard InChI is InChI=1S/C29H21Cl2N3O3S/c1-16-13-17(2)27-23(14-16)33-28(37-27)18-5-3-6-19(15-18)32-29(38)34-25(35)12-10-20-9-11-24(36-20)21-7-4-8-22(30)26(21)31/h3-15H,1-2H3,(H2,32,34,35,38). The average molecular weight is 562 g/mol. The van der Waals surface area contributed by atoms with Crippen LogP contribution in [0.2, 0.25) is 10.0 Å². The molecule has 190 valence electrons. The lowest BCUT2D eigenvalue weighted by molar-refractivity contribution is -0.115. The molecule has 0 unspecified atom stereocenters. The van der Waals surface area contributed by atoms with E-state index in [9.17, 15) is 4.79 Å². The molecule has 0 atom stereocenters. The predicted octanol–water partition coefficient (Wildman–Crippen LogP) is 8.20. The summed E-state index contributed by atoms with van der Waals surface area (Å²) in [4.78, 5) is 17.0. The average Bonchev–Trinajstić information content (AvgIpc) is 3.52. The second kappa shape index (κ2) is 10.8. The number of carbonyl (C=O) groups is 1. The molecule has 5 aromatic rings. The number of fused-ring (bicyclic) bond motifs is 1. The molecule has 0 fully saturated rings. The minimum absolute atomic E-state index is 0.145. The molecule has 1 amide bonds. The molecule has 0 radical (unpaired) electrons. The zero-order chi connectivity index (χ0) is 26.8. The third-order valence-corrected chi connectivity index (χ3v) is 6.69. The van der Waals surface area contributed by atoms with Crippen LogP contribution in [0.3, 0.4) is 0 Å². The Morgan fingerprint density at radius 2 is 1.82 bits per heavy atom. The second-order valence-electron chi connectivity index (χ2n) is 8.61. The number of aryl methyl sites for hydroxylation is 2. The van der Waals surface area contributed by atoms with Crippen molar-refractivity contribution in [1.29, 1.82) is 0 Å². The highest BCUT2D eigenvalue weighted by molar-refractivity contribution is 7.80. The molecule has 5 rings (SSSR count). The van der Waals surface area contributed by atoms with Gasteiger partial charge in [-0.25, -0.2) is 4.98 Å². The van der Waals surface area contributed by atoms with Gasteiger partial charge >= 0.3 is 0 Å². The van der Waals surface area contributed by atoms with Crippen molar-refractivity contribution in [3.63, 3.8) is 0 Å². The monoisotopic (exact) mass is 561 g/mol. The molecule has 2 aromatic heterocycles. The van der Waals surface area contributed by atoms with Crippen LogP contribution in [-0.4, -0.2) is 16.0 Å². The summed E-state index contributed by atoms with van der Waals surface area (Å²) in [5.41, 5.74) is 5.86. The van der Waals surface area contributed by atoms with Gasteiger partial charge in [-0.1, -0.05) is 41.4 Å². The van der Waals surface area contributed by atoms with E-state index in [1.165, 1.54) is 12.2 Å². The van der Waals surface area contributed by atoms with Crippen molar-refractivity contribution >= 4 is 69.3 Å². The quantitative estimate of drug-likeness (QED) is 0.166. The molecule has 0 aliphatic carbocycles. The summed E-state index contributed by atoms with van der Waals surface area (Å²) in [6.45, 7) is 4.02. The maximum Gasteiger partial charge on any atom is 0.250 e. The number of nitrogens with one attached hydrogen (secondary N) is 2. The summed E-state index contributed by atoms with van der Waals surface area (Å²) in [6.07, 6.45) is 2.87. The highest BCUT2D eigenvalue weighted by atomic mass is 35.5. The van der Waals surface area contributed by atoms with E-state index in [1.807, 2.05) is 44.2 Å². The second-order valence-corrected chi connectivity index (χ2v) is 9.80. The lowest BCUT2D eigenvalue weighted by Gasteiger charge is -2.08. The van der Waals surface area contributed by atoms with Gasteiger partial charge in [-0.15, -0.1) is 0 Å². The van der Waals surface area contributed by atoms with Crippen molar-refractivity contribution in [2.24, 2.45) is 0 Å². The van der Waals surface area contributed by atoms with Gasteiger partial charge in [0.1, 0.15) is 17.0 Å². The van der Waals surface area contributed by atoms with Crippen molar-refractivity contribution in [2.45, 2.75) is 13.8 Å². The topological polar surface area (TPSA) is 80.3 Å². The number of thiocarbonyl (C=S) groups is 1. The van der Waals surface area contributed by atoms with E-state index >= 15 is 0 Å². The fourth-order valence-electron chi connectivity index (χ4n) is 3.99. The molecule has 6 nitrogen and oxygen atoms in total. The van der Waals surface area contributed by atoms with E-state index in [2.05, 4.69) is 21.7 Å². The van der Waals surface area contributed by atoms with Crippen LogP contribution in [0.5, 0.6) is 0 Å². The van der Waals surface area contributed by atoms with Crippen LogP contribution >= 0.6 is 35.4 Å². The van der Waals surface area contributed by atoms with Crippen molar-refractivity contribution in [2.75, 3.05) is 5.32 Å². The van der Waals surface area contributed by atoms with Gasteiger partial charge in [0.15, 0.2) is 10.7 Å². The molecular formula is C29H21Cl2N3O3S. The third-order valence-electron chi connectivity index (χ3n) is 5.67. The van der Waals surface area contributed by atoms with E-state index in [4.69, 9.17) is 44.3 Å². The van der Waals surface area contributed by atoms with Crippen LogP contribution in [0, 0.1) is 13.8 Å². The Hall–Kier alpha value is -3.91. The number of oxazole rings is 1. The number of rotatable bonds is 5. The fraction of sp³-hybridized carbons (Fsp3) is 0.0690. The van der Waals surface area contributed by atoms with Crippen molar-refractivity contribution < 1.29 is 13.6 Å². The van der Waals surface area contributed by atoms with Gasteiger partial charge in [-0.3, -0.25) is 10.1 Å². The highest BCUT2D eigenvalue weighted by Crippen LogP contribution is 2.34. The summed E-state index contributed by atoms with van der Waals surface area (Å²) in [7, 11) is 0. The molecule has 0 saturated heterocycles. The molecule has 2 N–H and O–H groups in total. The van der Waals surface area contributed by atoms with E-state index in [0.717, 1.165) is 27.8 Å². The number of aromatic nitrogens is 1. The van der Waals surface area contributed by atoms with E-state index in [0.29, 0.717) is 38.7 Å². The van der Waals surface area contributed by atoms with Crippen molar-refractivity contribution in [3.05, 3.63) is 99.7 Å². The van der Waals surface area contributed by atoms with Crippen molar-refractivity contribution in [1.82, 2.24) is 10.3 Å². The number of furan rings is 1. The molecule has 0 bridgehead atoms. The number of benzene rings is 3. The summed E-state index contributed by atoms with van der Waals surface area (Å²) < 4.78 is 11.8. The minimum Gasteiger partial charge on any atom is -0.457 e. The zero-order valence-electron chi connectivity index (χ0n) is 20.3. The summed E-state index contributed by atoms with van der Waals surface area (Å²) in [6, 6.07) is 20.3. The Morgan fingerprint density at radius 3 is 2.66 bits per heavy atom. The van der Waals surface area contributed by atoms with Gasteiger partial charge in [0.2, 0.25) is 11.8 Å². The number of hydrogen-bond acceptors (Lipinski definition) is 5. The van der Waals surface area contributed by atoms with Crippen LogP contribution in [0.15, 0.2) is 81.6 Å². The number of hydrogen-bond donors (Lipinski definition) is 2. The maximum atomic E-state index is 12.4. The van der Waals surface area contributed by atoms with Crippen molar-refractivity contribution in [3.8, 4) is 22.8 Å². The Labute approximate surface area is 234 Å². The predicted molar refractivity (Wildman–Crippen MR) is 156 cm³/mol. The van der Waals surface area contributed by atoms with Gasteiger partial charge in [-0.2, -0.15) is 0 Å². The largest absolute Gasteiger partial charge is 0.457 e. The number of amides is 1. The molecule has 0 spiro atoms. The summed E-state index contributed by atoms with van der Waals surface area (Å²) >= 11 is 17.7. The first-order valence-electron chi connectivity index (χ1n) is 11.6. The number of halogens is 2. The number of anilines is 1. The summed E-state index contributed by atoms with van der Waals surface area (Å²) in [5, 5.41) is 6.62. The van der Waals surface area contributed by atoms with Crippen LogP contribution in [0.1, 0.15) is 16.9 Å². The van der Waals surface area contributed by atoms with Gasteiger partial charge in [0, 0.05) is 22.9 Å². The molecule has 0 aliphatic rings. The van der Waals surface area contributed by atoms with Crippen LogP contribution in [-0.2, 0) is 4.79 Å². The molecule has 38 heavy (non-hydrogen) atoms. The highest BCUT2D eigenvalue weighted by Gasteiger charge is 2.13. The molecule has 3 aromatic carbocycles. The Kier molecular flexibility index (Phi) is 7.33. The molecule has 9 heteroatoms. The number of carbonyl (C=O) groups excluding carboxylic acids is 1. The van der Waals surface area contributed by atoms with E-state index in [-0.39, 0.29) is 5.11 Å². The third kappa shape index (κ3) is 5.65. The van der Waals surface area contributed by atoms with Gasteiger partial charge in [0.05, 0.1) is 10.0 Å². The minimum atomic E-state index is -0.415.